The number of rotatable bonds is 5. The molecule has 0 aromatic heterocycles. The predicted molar refractivity (Wildman–Crippen MR) is 37.7 cm³/mol. The fraction of sp³-hybridized carbons (Fsp3) is 0.714. The molecule has 0 unspecified atom stereocenters. The molecule has 0 N–H and O–H groups in total. The molecule has 0 spiro atoms. The van der Waals surface area contributed by atoms with E-state index < -0.39 is 6.16 Å². The highest BCUT2D eigenvalue weighted by molar-refractivity contribution is 5.69. The Labute approximate surface area is 65.5 Å². The number of carbonyl (C=O) groups is 1. The van der Waals surface area contributed by atoms with E-state index >= 15 is 0 Å². The van der Waals surface area contributed by atoms with Gasteiger partial charge in [-0.2, -0.15) is 0 Å². The topological polar surface area (TPSA) is 52.6 Å². The van der Waals surface area contributed by atoms with Crippen LogP contribution >= 0.6 is 0 Å². The molecule has 0 fully saturated rings. The Kier molecular flexibility index (Phi) is 6.37. The van der Waals surface area contributed by atoms with Crippen molar-refractivity contribution in [3.05, 3.63) is 0 Å². The molecule has 0 aromatic carbocycles. The van der Waals surface area contributed by atoms with Crippen molar-refractivity contribution in [2.24, 2.45) is 0 Å². The zero-order valence-corrected chi connectivity index (χ0v) is 6.46. The molecule has 0 saturated carbocycles. The van der Waals surface area contributed by atoms with Crippen LogP contribution in [0.4, 0.5) is 4.79 Å². The lowest BCUT2D eigenvalue weighted by Gasteiger charge is -1.99. The minimum Gasteiger partial charge on any atom is -0.434 e. The van der Waals surface area contributed by atoms with Crippen LogP contribution in [0.15, 0.2) is 0 Å². The summed E-state index contributed by atoms with van der Waals surface area (Å²) in [5, 5.41) is 0. The van der Waals surface area contributed by atoms with E-state index in [4.69, 9.17) is 0 Å². The van der Waals surface area contributed by atoms with E-state index in [1.807, 2.05) is 6.92 Å². The molecule has 1 radical (unpaired) electrons. The maximum absolute atomic E-state index is 10.3. The first-order chi connectivity index (χ1) is 5.31. The highest BCUT2D eigenvalue weighted by Gasteiger charge is 2.01. The molecule has 4 nitrogen and oxygen atoms in total. The fourth-order valence-electron chi connectivity index (χ4n) is 0.571. The summed E-state index contributed by atoms with van der Waals surface area (Å²) in [6, 6.07) is 0. The van der Waals surface area contributed by atoms with Gasteiger partial charge >= 0.3 is 12.6 Å². The molecule has 0 aliphatic rings. The molecule has 0 rings (SSSR count). The van der Waals surface area contributed by atoms with Gasteiger partial charge in [-0.25, -0.2) is 9.59 Å². The van der Waals surface area contributed by atoms with Gasteiger partial charge in [0.15, 0.2) is 0 Å². The van der Waals surface area contributed by atoms with Crippen molar-refractivity contribution in [1.29, 1.82) is 0 Å². The first-order valence-electron chi connectivity index (χ1n) is 3.52. The van der Waals surface area contributed by atoms with E-state index in [9.17, 15) is 9.59 Å². The van der Waals surface area contributed by atoms with E-state index in [0.717, 1.165) is 25.7 Å². The highest BCUT2D eigenvalue weighted by atomic mass is 16.7. The maximum atomic E-state index is 10.3. The Morgan fingerprint density at radius 1 is 1.45 bits per heavy atom. The summed E-state index contributed by atoms with van der Waals surface area (Å²) in [7, 11) is 0. The molecular formula is C7H11O4. The second kappa shape index (κ2) is 7.05. The van der Waals surface area contributed by atoms with Gasteiger partial charge in [-0.05, 0) is 6.42 Å². The molecule has 0 heterocycles. The molecule has 0 aromatic rings. The Morgan fingerprint density at radius 2 is 2.18 bits per heavy atom. The molecule has 0 aliphatic carbocycles. The first-order valence-corrected chi connectivity index (χ1v) is 3.52. The monoisotopic (exact) mass is 159 g/mol. The lowest BCUT2D eigenvalue weighted by atomic mass is 10.3. The molecule has 0 saturated heterocycles. The van der Waals surface area contributed by atoms with Crippen LogP contribution in [0.25, 0.3) is 0 Å². The van der Waals surface area contributed by atoms with Gasteiger partial charge in [0, 0.05) is 0 Å². The normalized spacial score (nSPS) is 8.82. The summed E-state index contributed by atoms with van der Waals surface area (Å²) in [6.45, 7) is 3.32. The Hall–Kier alpha value is -1.06. The van der Waals surface area contributed by atoms with Crippen LogP contribution in [-0.2, 0) is 14.3 Å². The van der Waals surface area contributed by atoms with Crippen LogP contribution in [0.3, 0.4) is 0 Å². The van der Waals surface area contributed by atoms with Crippen LogP contribution in [0.5, 0.6) is 0 Å². The van der Waals surface area contributed by atoms with Crippen molar-refractivity contribution in [3.63, 3.8) is 0 Å². The number of ether oxygens (including phenoxy) is 2. The highest BCUT2D eigenvalue weighted by Crippen LogP contribution is 1.94. The Morgan fingerprint density at radius 3 is 2.73 bits per heavy atom. The smallest absolute Gasteiger partial charge is 0.434 e. The van der Waals surface area contributed by atoms with E-state index in [0.29, 0.717) is 6.61 Å². The summed E-state index contributed by atoms with van der Waals surface area (Å²) in [6.07, 6.45) is 1.87. The zero-order chi connectivity index (χ0) is 8.53. The molecule has 0 bridgehead atoms. The van der Waals surface area contributed by atoms with E-state index in [2.05, 4.69) is 9.47 Å². The SMILES string of the molecule is CCCCCOC(=O)O[C]=O. The molecular weight excluding hydrogens is 148 g/mol. The molecule has 11 heavy (non-hydrogen) atoms. The van der Waals surface area contributed by atoms with Crippen molar-refractivity contribution in [1.82, 2.24) is 0 Å². The predicted octanol–water partition coefficient (Wildman–Crippen LogP) is 1.40. The van der Waals surface area contributed by atoms with Crippen LogP contribution in [0.2, 0.25) is 0 Å². The van der Waals surface area contributed by atoms with Crippen molar-refractivity contribution < 1.29 is 19.1 Å². The van der Waals surface area contributed by atoms with Gasteiger partial charge in [-0.1, -0.05) is 19.8 Å². The van der Waals surface area contributed by atoms with E-state index in [-0.39, 0.29) is 0 Å². The van der Waals surface area contributed by atoms with Gasteiger partial charge < -0.3 is 9.47 Å². The van der Waals surface area contributed by atoms with Crippen LogP contribution in [0, 0.1) is 0 Å². The molecule has 0 atom stereocenters. The van der Waals surface area contributed by atoms with Crippen molar-refractivity contribution in [2.75, 3.05) is 6.61 Å². The lowest BCUT2D eigenvalue weighted by molar-refractivity contribution is 0.0924. The number of unbranched alkanes of at least 4 members (excludes halogenated alkanes) is 2. The summed E-state index contributed by atoms with van der Waals surface area (Å²) < 4.78 is 8.22. The second-order valence-electron chi connectivity index (χ2n) is 1.99. The summed E-state index contributed by atoms with van der Waals surface area (Å²) in [5.74, 6) is 0. The molecule has 0 amide bonds. The van der Waals surface area contributed by atoms with Crippen molar-refractivity contribution in [3.8, 4) is 0 Å². The van der Waals surface area contributed by atoms with E-state index in [1.54, 1.807) is 0 Å². The quantitative estimate of drug-likeness (QED) is 0.345. The fourth-order valence-corrected chi connectivity index (χ4v) is 0.571. The lowest BCUT2D eigenvalue weighted by Crippen LogP contribution is -2.06. The zero-order valence-electron chi connectivity index (χ0n) is 6.46. The van der Waals surface area contributed by atoms with Gasteiger partial charge in [-0.3, -0.25) is 0 Å². The van der Waals surface area contributed by atoms with Crippen LogP contribution < -0.4 is 0 Å². The van der Waals surface area contributed by atoms with Gasteiger partial charge in [0.1, 0.15) is 0 Å². The average molecular weight is 159 g/mol. The number of carbonyl (C=O) groups excluding carboxylic acids is 2. The molecule has 0 aliphatic heterocycles. The summed E-state index contributed by atoms with van der Waals surface area (Å²) in [4.78, 5) is 19.8. The third-order valence-corrected chi connectivity index (χ3v) is 1.09. The standard InChI is InChI=1S/C7H11O4/c1-2-3-4-5-10-7(9)11-6-8/h2-5H2,1H3. The van der Waals surface area contributed by atoms with Gasteiger partial charge in [-0.15, -0.1) is 0 Å². The minimum atomic E-state index is -0.976. The van der Waals surface area contributed by atoms with Crippen LogP contribution in [0.1, 0.15) is 26.2 Å². The summed E-state index contributed by atoms with van der Waals surface area (Å²) >= 11 is 0. The molecule has 63 valence electrons. The van der Waals surface area contributed by atoms with Gasteiger partial charge in [0.25, 0.3) is 0 Å². The minimum absolute atomic E-state index is 0.300. The number of hydrogen-bond acceptors (Lipinski definition) is 4. The average Bonchev–Trinajstić information content (AvgIpc) is 1.99. The Balaban J connectivity index is 3.10. The van der Waals surface area contributed by atoms with E-state index in [1.165, 1.54) is 0 Å². The number of hydrogen-bond donors (Lipinski definition) is 0. The van der Waals surface area contributed by atoms with Crippen molar-refractivity contribution in [2.45, 2.75) is 26.2 Å². The second-order valence-corrected chi connectivity index (χ2v) is 1.99. The van der Waals surface area contributed by atoms with Crippen molar-refractivity contribution >= 4 is 12.6 Å². The third kappa shape index (κ3) is 6.83. The van der Waals surface area contributed by atoms with Gasteiger partial charge in [0.2, 0.25) is 0 Å². The molecule has 4 heteroatoms. The largest absolute Gasteiger partial charge is 0.516 e. The Bertz CT molecular complexity index is 122. The summed E-state index contributed by atoms with van der Waals surface area (Å²) in [5.41, 5.74) is 0. The third-order valence-electron chi connectivity index (χ3n) is 1.09. The maximum Gasteiger partial charge on any atom is 0.516 e. The first kappa shape index (κ1) is 9.94. The van der Waals surface area contributed by atoms with Crippen LogP contribution in [-0.4, -0.2) is 19.2 Å². The van der Waals surface area contributed by atoms with Gasteiger partial charge in [0.05, 0.1) is 6.61 Å².